The highest BCUT2D eigenvalue weighted by Gasteiger charge is 2.30. The Morgan fingerprint density at radius 1 is 1.24 bits per heavy atom. The van der Waals surface area contributed by atoms with Gasteiger partial charge in [0.15, 0.2) is 0 Å². The van der Waals surface area contributed by atoms with Crippen molar-refractivity contribution < 1.29 is 13.9 Å². The molecule has 0 radical (unpaired) electrons. The molecular formula is C16H11FN2O2. The number of halogens is 1. The van der Waals surface area contributed by atoms with Crippen molar-refractivity contribution in [3.05, 3.63) is 65.4 Å². The van der Waals surface area contributed by atoms with Crippen molar-refractivity contribution in [3.63, 3.8) is 0 Å². The number of aromatic nitrogens is 1. The topological polar surface area (TPSA) is 54.1 Å². The molecule has 0 atom stereocenters. The van der Waals surface area contributed by atoms with E-state index in [2.05, 4.69) is 10.3 Å². The molecular weight excluding hydrogens is 271 g/mol. The van der Waals surface area contributed by atoms with Crippen LogP contribution in [0.15, 0.2) is 48.5 Å². The van der Waals surface area contributed by atoms with Gasteiger partial charge in [-0.15, -0.1) is 0 Å². The number of anilines is 1. The van der Waals surface area contributed by atoms with E-state index >= 15 is 0 Å². The van der Waals surface area contributed by atoms with E-state index in [1.54, 1.807) is 6.07 Å². The fraction of sp³-hybridized carbons (Fsp3) is 0.0625. The third-order valence-corrected chi connectivity index (χ3v) is 3.63. The van der Waals surface area contributed by atoms with E-state index < -0.39 is 0 Å². The molecule has 0 fully saturated rings. The predicted octanol–water partition coefficient (Wildman–Crippen LogP) is 2.93. The van der Waals surface area contributed by atoms with Crippen LogP contribution >= 0.6 is 0 Å². The van der Waals surface area contributed by atoms with Gasteiger partial charge in [-0.05, 0) is 35.9 Å². The summed E-state index contributed by atoms with van der Waals surface area (Å²) in [6, 6.07) is 6.19. The molecule has 2 N–H and O–H groups in total. The molecule has 3 heterocycles. The summed E-state index contributed by atoms with van der Waals surface area (Å²) in [5.41, 5.74) is 3.64. The summed E-state index contributed by atoms with van der Waals surface area (Å²) in [6.07, 6.45) is 5.57. The molecule has 4 nitrogen and oxygen atoms in total. The van der Waals surface area contributed by atoms with Gasteiger partial charge < -0.3 is 15.0 Å². The van der Waals surface area contributed by atoms with E-state index in [-0.39, 0.29) is 11.7 Å². The van der Waals surface area contributed by atoms with E-state index in [4.69, 9.17) is 4.74 Å². The largest absolute Gasteiger partial charge is 0.488 e. The molecule has 0 aliphatic carbocycles. The van der Waals surface area contributed by atoms with Crippen LogP contribution in [-0.2, 0) is 9.53 Å². The number of nitrogens with one attached hydrogen (secondary N) is 2. The molecule has 0 spiro atoms. The fourth-order valence-electron chi connectivity index (χ4n) is 2.62. The molecule has 1 aromatic carbocycles. The molecule has 4 rings (SSSR count). The number of aromatic amines is 1. The van der Waals surface area contributed by atoms with Crippen LogP contribution in [0.25, 0.3) is 11.1 Å². The fourth-order valence-corrected chi connectivity index (χ4v) is 2.62. The van der Waals surface area contributed by atoms with Crippen molar-refractivity contribution in [1.82, 2.24) is 4.98 Å². The number of ether oxygens (including phenoxy) is 1. The van der Waals surface area contributed by atoms with Gasteiger partial charge in [-0.2, -0.15) is 0 Å². The first kappa shape index (κ1) is 12.0. The first-order valence-corrected chi connectivity index (χ1v) is 6.54. The third-order valence-electron chi connectivity index (χ3n) is 3.63. The summed E-state index contributed by atoms with van der Waals surface area (Å²) in [7, 11) is 0. The van der Waals surface area contributed by atoms with Crippen LogP contribution < -0.4 is 5.32 Å². The maximum atomic E-state index is 13.2. The average Bonchev–Trinajstić information content (AvgIpc) is 3.15. The molecule has 0 bridgehead atoms. The Hall–Kier alpha value is -2.82. The monoisotopic (exact) mass is 282 g/mol. The van der Waals surface area contributed by atoms with Crippen LogP contribution in [0.2, 0.25) is 0 Å². The van der Waals surface area contributed by atoms with Gasteiger partial charge in [-0.1, -0.05) is 0 Å². The molecule has 5 heteroatoms. The summed E-state index contributed by atoms with van der Waals surface area (Å²) in [4.78, 5) is 15.1. The summed E-state index contributed by atoms with van der Waals surface area (Å²) in [6.45, 7) is 0.417. The summed E-state index contributed by atoms with van der Waals surface area (Å²) in [5, 5.41) is 2.66. The van der Waals surface area contributed by atoms with Crippen LogP contribution in [0.1, 0.15) is 11.1 Å². The summed E-state index contributed by atoms with van der Waals surface area (Å²) in [5.74, 6) is -0.123. The second-order valence-electron chi connectivity index (χ2n) is 4.94. The van der Waals surface area contributed by atoms with Crippen molar-refractivity contribution in [2.24, 2.45) is 0 Å². The van der Waals surface area contributed by atoms with Crippen LogP contribution in [0.3, 0.4) is 0 Å². The van der Waals surface area contributed by atoms with Crippen molar-refractivity contribution in [2.75, 3.05) is 11.9 Å². The number of carbonyl (C=O) groups is 1. The maximum Gasteiger partial charge on any atom is 0.260 e. The van der Waals surface area contributed by atoms with Crippen molar-refractivity contribution in [2.45, 2.75) is 0 Å². The van der Waals surface area contributed by atoms with Crippen molar-refractivity contribution in [3.8, 4) is 0 Å². The maximum absolute atomic E-state index is 13.2. The second-order valence-corrected chi connectivity index (χ2v) is 4.94. The van der Waals surface area contributed by atoms with E-state index in [0.717, 1.165) is 11.1 Å². The van der Waals surface area contributed by atoms with Gasteiger partial charge in [0.05, 0.1) is 11.3 Å². The third kappa shape index (κ3) is 1.86. The Kier molecular flexibility index (Phi) is 2.47. The van der Waals surface area contributed by atoms with E-state index in [1.165, 1.54) is 12.1 Å². The molecule has 0 unspecified atom stereocenters. The van der Waals surface area contributed by atoms with Gasteiger partial charge >= 0.3 is 0 Å². The lowest BCUT2D eigenvalue weighted by Crippen LogP contribution is -2.05. The molecule has 0 saturated carbocycles. The minimum atomic E-state index is -0.379. The van der Waals surface area contributed by atoms with Gasteiger partial charge in [-0.3, -0.25) is 4.79 Å². The normalized spacial score (nSPS) is 20.0. The summed E-state index contributed by atoms with van der Waals surface area (Å²) >= 11 is 0. The van der Waals surface area contributed by atoms with E-state index in [0.29, 0.717) is 29.2 Å². The molecule has 1 aromatic heterocycles. The summed E-state index contributed by atoms with van der Waals surface area (Å²) < 4.78 is 18.9. The minimum absolute atomic E-state index is 0.267. The second kappa shape index (κ2) is 4.34. The van der Waals surface area contributed by atoms with E-state index in [1.807, 2.05) is 24.5 Å². The van der Waals surface area contributed by atoms with Crippen LogP contribution in [0.4, 0.5) is 10.1 Å². The van der Waals surface area contributed by atoms with Gasteiger partial charge in [0, 0.05) is 23.5 Å². The smallest absolute Gasteiger partial charge is 0.260 e. The van der Waals surface area contributed by atoms with Gasteiger partial charge in [0.25, 0.3) is 5.91 Å². The Morgan fingerprint density at radius 3 is 2.95 bits per heavy atom. The SMILES string of the molecule is O=C1Nc2cc(F)ccc2C1=C1C=C(c2cc[nH]c2)CO1. The van der Waals surface area contributed by atoms with Crippen molar-refractivity contribution in [1.29, 1.82) is 0 Å². The number of carbonyl (C=O) groups excluding carboxylic acids is 1. The molecule has 2 aliphatic heterocycles. The molecule has 2 aliphatic rings. The lowest BCUT2D eigenvalue weighted by molar-refractivity contribution is -0.110. The lowest BCUT2D eigenvalue weighted by Gasteiger charge is -2.02. The molecule has 104 valence electrons. The first-order valence-electron chi connectivity index (χ1n) is 6.54. The first-order chi connectivity index (χ1) is 10.2. The predicted molar refractivity (Wildman–Crippen MR) is 76.7 cm³/mol. The van der Waals surface area contributed by atoms with Crippen LogP contribution in [0.5, 0.6) is 0 Å². The Labute approximate surface area is 119 Å². The highest BCUT2D eigenvalue weighted by Crippen LogP contribution is 2.37. The number of hydrogen-bond acceptors (Lipinski definition) is 2. The lowest BCUT2D eigenvalue weighted by atomic mass is 10.0. The standard InChI is InChI=1S/C16H11FN2O2/c17-11-1-2-12-13(6-11)19-16(20)15(12)14-5-10(8-21-14)9-3-4-18-7-9/h1-7,18H,8H2,(H,19,20). The minimum Gasteiger partial charge on any atom is -0.488 e. The van der Waals surface area contributed by atoms with Gasteiger partial charge in [0.1, 0.15) is 18.2 Å². The number of hydrogen-bond donors (Lipinski definition) is 2. The zero-order valence-corrected chi connectivity index (χ0v) is 10.9. The van der Waals surface area contributed by atoms with Gasteiger partial charge in [0.2, 0.25) is 0 Å². The number of H-pyrrole nitrogens is 1. The van der Waals surface area contributed by atoms with Gasteiger partial charge in [-0.25, -0.2) is 4.39 Å². The number of benzene rings is 1. The number of amides is 1. The highest BCUT2D eigenvalue weighted by molar-refractivity contribution is 6.32. The van der Waals surface area contributed by atoms with Crippen molar-refractivity contribution >= 4 is 22.7 Å². The Bertz CT molecular complexity index is 804. The number of allylic oxidation sites excluding steroid dienone is 1. The number of fused-ring (bicyclic) bond motifs is 1. The Balaban J connectivity index is 1.82. The Morgan fingerprint density at radius 2 is 2.14 bits per heavy atom. The molecule has 2 aromatic rings. The highest BCUT2D eigenvalue weighted by atomic mass is 19.1. The zero-order chi connectivity index (χ0) is 14.4. The zero-order valence-electron chi connectivity index (χ0n) is 10.9. The number of rotatable bonds is 1. The quantitative estimate of drug-likeness (QED) is 0.790. The molecule has 1 amide bonds. The molecule has 0 saturated heterocycles. The van der Waals surface area contributed by atoms with Crippen LogP contribution in [0, 0.1) is 5.82 Å². The molecule has 21 heavy (non-hydrogen) atoms. The van der Waals surface area contributed by atoms with Crippen LogP contribution in [-0.4, -0.2) is 17.5 Å². The average molecular weight is 282 g/mol. The van der Waals surface area contributed by atoms with E-state index in [9.17, 15) is 9.18 Å².